The number of fused-ring (bicyclic) bond motifs is 1. The lowest BCUT2D eigenvalue weighted by Gasteiger charge is -2.25. The van der Waals surface area contributed by atoms with Crippen molar-refractivity contribution in [1.29, 1.82) is 0 Å². The molecule has 2 aromatic heterocycles. The van der Waals surface area contributed by atoms with Crippen LogP contribution in [0.5, 0.6) is 11.5 Å². The van der Waals surface area contributed by atoms with Gasteiger partial charge in [-0.15, -0.1) is 0 Å². The Morgan fingerprint density at radius 1 is 1.12 bits per heavy atom. The summed E-state index contributed by atoms with van der Waals surface area (Å²) in [7, 11) is 3.03. The number of esters is 1. The summed E-state index contributed by atoms with van der Waals surface area (Å²) >= 11 is 1.15. The van der Waals surface area contributed by atoms with E-state index < -0.39 is 16.9 Å². The van der Waals surface area contributed by atoms with Crippen molar-refractivity contribution < 1.29 is 28.3 Å². The van der Waals surface area contributed by atoms with E-state index >= 15 is 0 Å². The van der Waals surface area contributed by atoms with Crippen LogP contribution in [-0.4, -0.2) is 36.3 Å². The molecule has 1 aliphatic rings. The molecule has 5 rings (SSSR count). The molecule has 0 N–H and O–H groups in total. The number of methoxy groups -OCH3 is 2. The minimum Gasteiger partial charge on any atom is -0.493 e. The predicted molar refractivity (Wildman–Crippen MR) is 155 cm³/mol. The van der Waals surface area contributed by atoms with Crippen LogP contribution < -0.4 is 24.4 Å². The minimum atomic E-state index is -0.831. The van der Waals surface area contributed by atoms with E-state index in [2.05, 4.69) is 4.99 Å². The zero-order valence-corrected chi connectivity index (χ0v) is 24.3. The molecule has 216 valence electrons. The highest BCUT2D eigenvalue weighted by atomic mass is 32.1. The Morgan fingerprint density at radius 2 is 1.88 bits per heavy atom. The fraction of sp³-hybridized carbons (Fsp3) is 0.233. The molecule has 0 radical (unpaired) electrons. The van der Waals surface area contributed by atoms with Crippen molar-refractivity contribution in [3.8, 4) is 22.8 Å². The maximum atomic E-state index is 13.9. The van der Waals surface area contributed by atoms with Crippen LogP contribution in [0.25, 0.3) is 17.4 Å². The quantitative estimate of drug-likeness (QED) is 0.169. The number of hydrogen-bond acceptors (Lipinski definition) is 10. The Hall–Kier alpha value is -4.97. The third-order valence-corrected chi connectivity index (χ3v) is 7.81. The summed E-state index contributed by atoms with van der Waals surface area (Å²) < 4.78 is 23.9. The molecular weight excluding hydrogens is 562 g/mol. The first kappa shape index (κ1) is 28.6. The molecule has 0 saturated heterocycles. The SMILES string of the molecule is CCOC(=O)C1=C(C)N=c2s/c(=C/c3ccc(-c4ccc(C)c([N+](=O)[O-])c4)o3)c(=O)n2[C@@H]1c1ccc(OC)c(OC)c1. The van der Waals surface area contributed by atoms with E-state index in [0.717, 1.165) is 11.3 Å². The van der Waals surface area contributed by atoms with Crippen molar-refractivity contribution in [3.63, 3.8) is 0 Å². The molecule has 0 spiro atoms. The lowest BCUT2D eigenvalue weighted by Crippen LogP contribution is -2.39. The van der Waals surface area contributed by atoms with Crippen molar-refractivity contribution in [1.82, 2.24) is 4.57 Å². The van der Waals surface area contributed by atoms with Crippen molar-refractivity contribution in [2.45, 2.75) is 26.8 Å². The molecule has 42 heavy (non-hydrogen) atoms. The summed E-state index contributed by atoms with van der Waals surface area (Å²) in [5.41, 5.74) is 1.97. The normalized spacial score (nSPS) is 14.8. The van der Waals surface area contributed by atoms with E-state index in [1.165, 1.54) is 24.9 Å². The van der Waals surface area contributed by atoms with Crippen molar-refractivity contribution in [2.24, 2.45) is 4.99 Å². The Labute approximate surface area is 243 Å². The van der Waals surface area contributed by atoms with Crippen LogP contribution in [0.15, 0.2) is 74.0 Å². The molecular formula is C30H27N3O8S. The average molecular weight is 590 g/mol. The number of carbonyl (C=O) groups excluding carboxylic acids is 1. The van der Waals surface area contributed by atoms with Gasteiger partial charge in [0.15, 0.2) is 16.3 Å². The first-order valence-electron chi connectivity index (χ1n) is 12.9. The molecule has 0 aliphatic carbocycles. The molecule has 1 atom stereocenters. The topological polar surface area (TPSA) is 135 Å². The van der Waals surface area contributed by atoms with E-state index in [1.54, 1.807) is 69.3 Å². The summed E-state index contributed by atoms with van der Waals surface area (Å²) in [5.74, 6) is 1.16. The Kier molecular flexibility index (Phi) is 7.81. The second kappa shape index (κ2) is 11.5. The largest absolute Gasteiger partial charge is 0.493 e. The molecule has 0 bridgehead atoms. The minimum absolute atomic E-state index is 0.0123. The number of furan rings is 1. The first-order valence-corrected chi connectivity index (χ1v) is 13.7. The molecule has 3 heterocycles. The Bertz CT molecular complexity index is 1930. The molecule has 0 unspecified atom stereocenters. The maximum absolute atomic E-state index is 13.9. The van der Waals surface area contributed by atoms with Gasteiger partial charge in [0, 0.05) is 23.3 Å². The molecule has 1 aliphatic heterocycles. The number of nitro groups is 1. The van der Waals surface area contributed by atoms with Crippen LogP contribution in [0.1, 0.15) is 36.8 Å². The zero-order chi connectivity index (χ0) is 30.1. The number of thiazole rings is 1. The standard InChI is InChI=1S/C30H27N3O8S/c1-6-40-29(35)26-17(3)31-30-32(27(26)19-9-11-23(38-4)24(14-19)39-5)28(34)25(42-30)15-20-10-12-22(41-20)18-8-7-16(2)21(13-18)33(36)37/h7-15,27H,6H2,1-5H3/b25-15+/t27-/m1/s1. The highest BCUT2D eigenvalue weighted by Crippen LogP contribution is 2.36. The number of benzene rings is 2. The van der Waals surface area contributed by atoms with Crippen LogP contribution in [0.4, 0.5) is 5.69 Å². The van der Waals surface area contributed by atoms with Gasteiger partial charge in [0.05, 0.1) is 47.6 Å². The van der Waals surface area contributed by atoms with Gasteiger partial charge in [-0.2, -0.15) is 0 Å². The summed E-state index contributed by atoms with van der Waals surface area (Å²) in [5, 5.41) is 11.4. The molecule has 0 fully saturated rings. The second-order valence-electron chi connectivity index (χ2n) is 9.38. The van der Waals surface area contributed by atoms with Crippen LogP contribution in [0.2, 0.25) is 0 Å². The Balaban J connectivity index is 1.63. The van der Waals surface area contributed by atoms with Gasteiger partial charge in [-0.05, 0) is 50.6 Å². The van der Waals surface area contributed by atoms with E-state index in [0.29, 0.717) is 54.7 Å². The second-order valence-corrected chi connectivity index (χ2v) is 10.4. The lowest BCUT2D eigenvalue weighted by atomic mass is 9.95. The van der Waals surface area contributed by atoms with E-state index in [-0.39, 0.29) is 23.4 Å². The fourth-order valence-corrected chi connectivity index (χ4v) is 5.83. The predicted octanol–water partition coefficient (Wildman–Crippen LogP) is 4.29. The average Bonchev–Trinajstić information content (AvgIpc) is 3.56. The molecule has 11 nitrogen and oxygen atoms in total. The molecule has 12 heteroatoms. The van der Waals surface area contributed by atoms with Crippen molar-refractivity contribution in [2.75, 3.05) is 20.8 Å². The number of ether oxygens (including phenoxy) is 3. The van der Waals surface area contributed by atoms with Gasteiger partial charge in [0.2, 0.25) is 0 Å². The number of aryl methyl sites for hydroxylation is 1. The molecule has 4 aromatic rings. The number of rotatable bonds is 8. The van der Waals surface area contributed by atoms with Crippen molar-refractivity contribution >= 4 is 29.1 Å². The van der Waals surface area contributed by atoms with Gasteiger partial charge in [0.1, 0.15) is 11.5 Å². The summed E-state index contributed by atoms with van der Waals surface area (Å²) in [6.45, 7) is 5.24. The number of hydrogen-bond donors (Lipinski definition) is 0. The van der Waals surface area contributed by atoms with Gasteiger partial charge in [-0.1, -0.05) is 29.5 Å². The van der Waals surface area contributed by atoms with E-state index in [1.807, 2.05) is 0 Å². The highest BCUT2D eigenvalue weighted by molar-refractivity contribution is 7.07. The van der Waals surface area contributed by atoms with Gasteiger partial charge >= 0.3 is 5.97 Å². The van der Waals surface area contributed by atoms with E-state index in [4.69, 9.17) is 18.6 Å². The van der Waals surface area contributed by atoms with Gasteiger partial charge in [-0.25, -0.2) is 9.79 Å². The van der Waals surface area contributed by atoms with Gasteiger partial charge < -0.3 is 18.6 Å². The number of nitro benzene ring substituents is 1. The molecule has 2 aromatic carbocycles. The fourth-order valence-electron chi connectivity index (χ4n) is 4.80. The smallest absolute Gasteiger partial charge is 0.338 e. The highest BCUT2D eigenvalue weighted by Gasteiger charge is 2.34. The Morgan fingerprint density at radius 3 is 2.57 bits per heavy atom. The third-order valence-electron chi connectivity index (χ3n) is 6.83. The lowest BCUT2D eigenvalue weighted by molar-refractivity contribution is -0.385. The first-order chi connectivity index (χ1) is 20.2. The van der Waals surface area contributed by atoms with Gasteiger partial charge in [0.25, 0.3) is 11.2 Å². The summed E-state index contributed by atoms with van der Waals surface area (Å²) in [4.78, 5) is 43.0. The molecule has 0 saturated carbocycles. The third kappa shape index (κ3) is 5.12. The number of allylic oxidation sites excluding steroid dienone is 1. The number of nitrogens with zero attached hydrogens (tertiary/aromatic N) is 3. The van der Waals surface area contributed by atoms with Gasteiger partial charge in [-0.3, -0.25) is 19.5 Å². The van der Waals surface area contributed by atoms with Crippen LogP contribution in [0.3, 0.4) is 0 Å². The van der Waals surface area contributed by atoms with Crippen molar-refractivity contribution in [3.05, 3.63) is 106 Å². The van der Waals surface area contributed by atoms with Crippen LogP contribution in [-0.2, 0) is 9.53 Å². The molecule has 0 amide bonds. The summed E-state index contributed by atoms with van der Waals surface area (Å²) in [6, 6.07) is 12.6. The number of aromatic nitrogens is 1. The maximum Gasteiger partial charge on any atom is 0.338 e. The monoisotopic (exact) mass is 589 g/mol. The van der Waals surface area contributed by atoms with Crippen LogP contribution >= 0.6 is 11.3 Å². The summed E-state index contributed by atoms with van der Waals surface area (Å²) in [6.07, 6.45) is 1.59. The van der Waals surface area contributed by atoms with E-state index in [9.17, 15) is 19.7 Å². The zero-order valence-electron chi connectivity index (χ0n) is 23.5. The van der Waals surface area contributed by atoms with Crippen LogP contribution in [0, 0.1) is 17.0 Å². The number of carbonyl (C=O) groups is 1.